The van der Waals surface area contributed by atoms with E-state index < -0.39 is 0 Å². The Morgan fingerprint density at radius 2 is 1.60 bits per heavy atom. The molecule has 0 aliphatic heterocycles. The van der Waals surface area contributed by atoms with Gasteiger partial charge < -0.3 is 15.2 Å². The largest absolute Gasteiger partial charge is 0.507 e. The number of ether oxygens (including phenoxy) is 1. The predicted molar refractivity (Wildman–Crippen MR) is 106 cm³/mol. The summed E-state index contributed by atoms with van der Waals surface area (Å²) in [6.07, 6.45) is 0. The monoisotopic (exact) mass is 341 g/mol. The van der Waals surface area contributed by atoms with Crippen LogP contribution in [0.1, 0.15) is 58.2 Å². The van der Waals surface area contributed by atoms with Gasteiger partial charge >= 0.3 is 0 Å². The SMILES string of the molecule is COc1ccccc1NCc1cc(C(C)(C)C)cc(C(C)(C)C)c1O. The van der Waals surface area contributed by atoms with Crippen molar-refractivity contribution in [2.24, 2.45) is 0 Å². The molecular weight excluding hydrogens is 310 g/mol. The Hall–Kier alpha value is -2.16. The van der Waals surface area contributed by atoms with Crippen LogP contribution in [0.3, 0.4) is 0 Å². The van der Waals surface area contributed by atoms with Gasteiger partial charge in [0.05, 0.1) is 12.8 Å². The van der Waals surface area contributed by atoms with Crippen molar-refractivity contribution >= 4 is 5.69 Å². The highest BCUT2D eigenvalue weighted by atomic mass is 16.5. The highest BCUT2D eigenvalue weighted by Crippen LogP contribution is 2.38. The van der Waals surface area contributed by atoms with Crippen LogP contribution in [0.15, 0.2) is 36.4 Å². The Balaban J connectivity index is 2.43. The average molecular weight is 341 g/mol. The van der Waals surface area contributed by atoms with Gasteiger partial charge in [-0.3, -0.25) is 0 Å². The molecule has 0 aliphatic carbocycles. The first-order valence-electron chi connectivity index (χ1n) is 8.78. The smallest absolute Gasteiger partial charge is 0.141 e. The van der Waals surface area contributed by atoms with Crippen molar-refractivity contribution in [2.45, 2.75) is 58.9 Å². The van der Waals surface area contributed by atoms with E-state index in [1.807, 2.05) is 24.3 Å². The maximum absolute atomic E-state index is 10.8. The summed E-state index contributed by atoms with van der Waals surface area (Å²) in [6, 6.07) is 12.1. The van der Waals surface area contributed by atoms with Gasteiger partial charge in [-0.25, -0.2) is 0 Å². The van der Waals surface area contributed by atoms with Crippen molar-refractivity contribution in [1.29, 1.82) is 0 Å². The molecule has 0 aromatic heterocycles. The summed E-state index contributed by atoms with van der Waals surface area (Å²) in [5, 5.41) is 14.2. The summed E-state index contributed by atoms with van der Waals surface area (Å²) >= 11 is 0. The molecule has 3 nitrogen and oxygen atoms in total. The molecule has 0 saturated heterocycles. The van der Waals surface area contributed by atoms with Gasteiger partial charge in [0.1, 0.15) is 11.5 Å². The lowest BCUT2D eigenvalue weighted by Crippen LogP contribution is -2.18. The van der Waals surface area contributed by atoms with Gasteiger partial charge in [0.25, 0.3) is 0 Å². The Labute approximate surface area is 152 Å². The first-order chi connectivity index (χ1) is 11.5. The van der Waals surface area contributed by atoms with E-state index in [1.54, 1.807) is 7.11 Å². The molecule has 0 atom stereocenters. The van der Waals surface area contributed by atoms with Crippen LogP contribution in [-0.2, 0) is 17.4 Å². The number of para-hydroxylation sites is 2. The van der Waals surface area contributed by atoms with Crippen LogP contribution in [0, 0.1) is 0 Å². The molecule has 2 aromatic rings. The molecule has 0 fully saturated rings. The third kappa shape index (κ3) is 4.47. The van der Waals surface area contributed by atoms with Crippen LogP contribution in [0.25, 0.3) is 0 Å². The first kappa shape index (κ1) is 19.2. The molecule has 0 saturated carbocycles. The number of hydrogen-bond acceptors (Lipinski definition) is 3. The average Bonchev–Trinajstić information content (AvgIpc) is 2.51. The van der Waals surface area contributed by atoms with E-state index in [1.165, 1.54) is 5.56 Å². The fourth-order valence-corrected chi connectivity index (χ4v) is 2.82. The summed E-state index contributed by atoms with van der Waals surface area (Å²) in [5.41, 5.74) is 3.94. The maximum atomic E-state index is 10.8. The molecule has 2 rings (SSSR count). The first-order valence-corrected chi connectivity index (χ1v) is 8.78. The second-order valence-electron chi connectivity index (χ2n) is 8.59. The number of hydrogen-bond donors (Lipinski definition) is 2. The molecule has 0 aliphatic rings. The van der Waals surface area contributed by atoms with Crippen LogP contribution in [0.5, 0.6) is 11.5 Å². The van der Waals surface area contributed by atoms with Crippen molar-refractivity contribution in [3.05, 3.63) is 53.1 Å². The summed E-state index contributed by atoms with van der Waals surface area (Å²) < 4.78 is 5.39. The van der Waals surface area contributed by atoms with Crippen molar-refractivity contribution in [3.63, 3.8) is 0 Å². The third-order valence-corrected chi connectivity index (χ3v) is 4.44. The third-order valence-electron chi connectivity index (χ3n) is 4.44. The van der Waals surface area contributed by atoms with Crippen LogP contribution < -0.4 is 10.1 Å². The normalized spacial score (nSPS) is 12.1. The summed E-state index contributed by atoms with van der Waals surface area (Å²) in [6.45, 7) is 13.5. The van der Waals surface area contributed by atoms with Crippen molar-refractivity contribution in [1.82, 2.24) is 0 Å². The second kappa shape index (κ2) is 6.99. The molecule has 0 unspecified atom stereocenters. The summed E-state index contributed by atoms with van der Waals surface area (Å²) in [5.74, 6) is 1.17. The quantitative estimate of drug-likeness (QED) is 0.759. The molecule has 136 valence electrons. The van der Waals surface area contributed by atoms with Gasteiger partial charge in [0.15, 0.2) is 0 Å². The molecule has 0 heterocycles. The van der Waals surface area contributed by atoms with Gasteiger partial charge in [-0.05, 0) is 40.2 Å². The van der Waals surface area contributed by atoms with Gasteiger partial charge in [-0.15, -0.1) is 0 Å². The molecule has 2 aromatic carbocycles. The van der Waals surface area contributed by atoms with Gasteiger partial charge in [0, 0.05) is 12.1 Å². The van der Waals surface area contributed by atoms with E-state index >= 15 is 0 Å². The number of aromatic hydroxyl groups is 1. The number of benzene rings is 2. The minimum atomic E-state index is -0.121. The highest BCUT2D eigenvalue weighted by molar-refractivity contribution is 5.57. The van der Waals surface area contributed by atoms with E-state index in [9.17, 15) is 5.11 Å². The lowest BCUT2D eigenvalue weighted by Gasteiger charge is -2.27. The number of phenolic OH excluding ortho intramolecular Hbond substituents is 1. The number of anilines is 1. The standard InChI is InChI=1S/C22H31NO2/c1-21(2,3)16-12-15(20(24)17(13-16)22(4,5)6)14-23-18-10-8-9-11-19(18)25-7/h8-13,23-24H,14H2,1-7H3. The molecule has 3 heteroatoms. The van der Waals surface area contributed by atoms with Crippen molar-refractivity contribution in [2.75, 3.05) is 12.4 Å². The van der Waals surface area contributed by atoms with E-state index in [4.69, 9.17) is 4.74 Å². The number of rotatable bonds is 4. The molecule has 0 bridgehead atoms. The summed E-state index contributed by atoms with van der Waals surface area (Å²) in [4.78, 5) is 0. The van der Waals surface area contributed by atoms with Gasteiger partial charge in [-0.1, -0.05) is 59.7 Å². The molecule has 0 amide bonds. The number of methoxy groups -OCH3 is 1. The van der Waals surface area contributed by atoms with Gasteiger partial charge in [0.2, 0.25) is 0 Å². The van der Waals surface area contributed by atoms with Crippen LogP contribution >= 0.6 is 0 Å². The minimum Gasteiger partial charge on any atom is -0.507 e. The Bertz CT molecular complexity index is 737. The number of nitrogens with one attached hydrogen (secondary N) is 1. The topological polar surface area (TPSA) is 41.5 Å². The zero-order valence-electron chi connectivity index (χ0n) is 16.5. The zero-order chi connectivity index (χ0) is 18.8. The van der Waals surface area contributed by atoms with Crippen molar-refractivity contribution in [3.8, 4) is 11.5 Å². The highest BCUT2D eigenvalue weighted by Gasteiger charge is 2.24. The maximum Gasteiger partial charge on any atom is 0.141 e. The zero-order valence-corrected chi connectivity index (χ0v) is 16.5. The van der Waals surface area contributed by atoms with E-state index in [-0.39, 0.29) is 10.8 Å². The lowest BCUT2D eigenvalue weighted by atomic mass is 9.79. The lowest BCUT2D eigenvalue weighted by molar-refractivity contribution is 0.416. The second-order valence-corrected chi connectivity index (χ2v) is 8.59. The molecular formula is C22H31NO2. The fraction of sp³-hybridized carbons (Fsp3) is 0.455. The molecule has 0 spiro atoms. The summed E-state index contributed by atoms with van der Waals surface area (Å²) in [7, 11) is 1.66. The predicted octanol–water partition coefficient (Wildman–Crippen LogP) is 5.61. The molecule has 0 radical (unpaired) electrons. The Morgan fingerprint density at radius 1 is 0.960 bits per heavy atom. The minimum absolute atomic E-state index is 0.0207. The van der Waals surface area contributed by atoms with Crippen molar-refractivity contribution < 1.29 is 9.84 Å². The van der Waals surface area contributed by atoms with E-state index in [0.717, 1.165) is 22.6 Å². The van der Waals surface area contributed by atoms with Crippen LogP contribution in [-0.4, -0.2) is 12.2 Å². The van der Waals surface area contributed by atoms with Gasteiger partial charge in [-0.2, -0.15) is 0 Å². The molecule has 2 N–H and O–H groups in total. The van der Waals surface area contributed by atoms with E-state index in [0.29, 0.717) is 12.3 Å². The van der Waals surface area contributed by atoms with Crippen LogP contribution in [0.4, 0.5) is 5.69 Å². The Kier molecular flexibility index (Phi) is 5.36. The number of phenols is 1. The Morgan fingerprint density at radius 3 is 2.16 bits per heavy atom. The van der Waals surface area contributed by atoms with Crippen LogP contribution in [0.2, 0.25) is 0 Å². The molecule has 25 heavy (non-hydrogen) atoms. The fourth-order valence-electron chi connectivity index (χ4n) is 2.82. The van der Waals surface area contributed by atoms with E-state index in [2.05, 4.69) is 59.0 Å².